The minimum Gasteiger partial charge on any atom is -0.481 e. The second-order valence-corrected chi connectivity index (χ2v) is 11.0. The molecule has 4 aromatic rings. The summed E-state index contributed by atoms with van der Waals surface area (Å²) in [7, 11) is 3.58. The van der Waals surface area contributed by atoms with Crippen LogP contribution in [0.5, 0.6) is 0 Å². The maximum atomic E-state index is 13.2. The second-order valence-electron chi connectivity index (χ2n) is 10.6. The number of carboxylic acids is 1. The monoisotopic (exact) mass is 622 g/mol. The van der Waals surface area contributed by atoms with Gasteiger partial charge >= 0.3 is 11.9 Å². The number of likely N-dealkylation sites (N-methyl/N-ethyl adjacent to an activating group) is 1. The van der Waals surface area contributed by atoms with Crippen LogP contribution in [0.15, 0.2) is 48.5 Å². The van der Waals surface area contributed by atoms with Crippen LogP contribution in [-0.4, -0.2) is 78.9 Å². The number of H-pyrrole nitrogens is 1. The highest BCUT2D eigenvalue weighted by Gasteiger charge is 2.26. The number of tetrazole rings is 1. The van der Waals surface area contributed by atoms with Crippen molar-refractivity contribution in [3.63, 3.8) is 0 Å². The van der Waals surface area contributed by atoms with Crippen molar-refractivity contribution in [2.45, 2.75) is 64.6 Å². The molecule has 13 heteroatoms. The zero-order chi connectivity index (χ0) is 31.5. The summed E-state index contributed by atoms with van der Waals surface area (Å²) in [6, 6.07) is 15.5. The van der Waals surface area contributed by atoms with E-state index < -0.39 is 18.0 Å². The van der Waals surface area contributed by atoms with Gasteiger partial charge in [-0.25, -0.2) is 4.98 Å². The summed E-state index contributed by atoms with van der Waals surface area (Å²) in [5, 5.41) is 26.9. The van der Waals surface area contributed by atoms with E-state index in [0.29, 0.717) is 42.7 Å². The van der Waals surface area contributed by atoms with E-state index in [2.05, 4.69) is 62.1 Å². The molecule has 0 unspecified atom stereocenters. The molecular weight excluding hydrogens is 584 g/mol. The number of carboxylic acid groups (broad SMARTS) is 1. The van der Waals surface area contributed by atoms with Gasteiger partial charge in [0.2, 0.25) is 5.82 Å². The quantitative estimate of drug-likeness (QED) is 0.113. The number of aromatic amines is 1. The summed E-state index contributed by atoms with van der Waals surface area (Å²) >= 11 is 6.63. The van der Waals surface area contributed by atoms with Crippen molar-refractivity contribution in [2.75, 3.05) is 20.8 Å². The zero-order valence-corrected chi connectivity index (χ0v) is 26.0. The van der Waals surface area contributed by atoms with Gasteiger partial charge in [-0.3, -0.25) is 14.5 Å². The third kappa shape index (κ3) is 8.49. The van der Waals surface area contributed by atoms with Gasteiger partial charge in [0, 0.05) is 31.6 Å². The van der Waals surface area contributed by atoms with Crippen LogP contribution in [0.25, 0.3) is 22.5 Å². The molecule has 234 valence electrons. The Kier molecular flexibility index (Phi) is 12.0. The van der Waals surface area contributed by atoms with Crippen molar-refractivity contribution < 1.29 is 19.4 Å². The predicted octanol–water partition coefficient (Wildman–Crippen LogP) is 4.55. The van der Waals surface area contributed by atoms with Crippen molar-refractivity contribution in [1.29, 1.82) is 0 Å². The van der Waals surface area contributed by atoms with E-state index >= 15 is 0 Å². The highest BCUT2D eigenvalue weighted by atomic mass is 35.5. The van der Waals surface area contributed by atoms with Gasteiger partial charge in [0.25, 0.3) is 0 Å². The number of unbranched alkanes of at least 4 members (excludes halogenated alkanes) is 1. The fourth-order valence-corrected chi connectivity index (χ4v) is 5.35. The van der Waals surface area contributed by atoms with Crippen LogP contribution >= 0.6 is 11.6 Å². The third-order valence-electron chi connectivity index (χ3n) is 7.41. The Bertz CT molecular complexity index is 1510. The largest absolute Gasteiger partial charge is 0.481 e. The van der Waals surface area contributed by atoms with Gasteiger partial charge in [-0.1, -0.05) is 73.5 Å². The van der Waals surface area contributed by atoms with E-state index in [1.54, 1.807) is 14.1 Å². The fraction of sp³-hybridized carbons (Fsp3) is 0.419. The lowest BCUT2D eigenvalue weighted by Gasteiger charge is -2.26. The summed E-state index contributed by atoms with van der Waals surface area (Å²) in [5.41, 5.74) is 4.54. The molecule has 2 heterocycles. The maximum Gasteiger partial charge on any atom is 0.323 e. The number of halogens is 1. The Labute approximate surface area is 261 Å². The zero-order valence-electron chi connectivity index (χ0n) is 25.3. The topological polar surface area (TPSA) is 151 Å². The van der Waals surface area contributed by atoms with E-state index in [1.807, 2.05) is 33.7 Å². The Hall–Kier alpha value is -4.13. The molecule has 3 N–H and O–H groups in total. The minimum absolute atomic E-state index is 0.0158. The van der Waals surface area contributed by atoms with Gasteiger partial charge < -0.3 is 19.7 Å². The molecule has 0 radical (unpaired) electrons. The van der Waals surface area contributed by atoms with Gasteiger partial charge in [0.1, 0.15) is 18.5 Å². The maximum absolute atomic E-state index is 13.2. The molecule has 0 aliphatic carbocycles. The predicted molar refractivity (Wildman–Crippen MR) is 167 cm³/mol. The Morgan fingerprint density at radius 2 is 1.89 bits per heavy atom. The molecule has 0 aliphatic heterocycles. The van der Waals surface area contributed by atoms with Crippen LogP contribution < -0.4 is 5.32 Å². The van der Waals surface area contributed by atoms with Crippen molar-refractivity contribution in [3.05, 3.63) is 70.8 Å². The van der Waals surface area contributed by atoms with Crippen LogP contribution in [0.1, 0.15) is 56.1 Å². The van der Waals surface area contributed by atoms with Gasteiger partial charge in [-0.05, 0) is 55.3 Å². The van der Waals surface area contributed by atoms with Crippen molar-refractivity contribution in [2.24, 2.45) is 0 Å². The van der Waals surface area contributed by atoms with Crippen molar-refractivity contribution in [3.8, 4) is 22.5 Å². The minimum atomic E-state index is -0.895. The average molecular weight is 623 g/mol. The number of esters is 1. The molecule has 0 aliphatic rings. The van der Waals surface area contributed by atoms with Gasteiger partial charge in [0.05, 0.1) is 5.69 Å². The van der Waals surface area contributed by atoms with Crippen LogP contribution in [0.2, 0.25) is 5.15 Å². The Morgan fingerprint density at radius 3 is 2.55 bits per heavy atom. The number of ether oxygens (including phenoxy) is 1. The molecule has 2 aromatic heterocycles. The number of aryl methyl sites for hydroxylation is 1. The summed E-state index contributed by atoms with van der Waals surface area (Å²) in [6.07, 6.45) is 3.39. The molecule has 0 bridgehead atoms. The number of benzene rings is 2. The number of nitrogens with zero attached hydrogens (tertiary/aromatic N) is 6. The van der Waals surface area contributed by atoms with Gasteiger partial charge in [0.15, 0.2) is 5.15 Å². The highest BCUT2D eigenvalue weighted by molar-refractivity contribution is 6.30. The molecule has 4 rings (SSSR count). The van der Waals surface area contributed by atoms with E-state index in [4.69, 9.17) is 21.4 Å². The number of nitrogens with one attached hydrogen (secondary N) is 2. The molecule has 0 fully saturated rings. The SMILES string of the molecule is CCCCc1nc(Cl)c(COC(=O)[C@@H](CCCC(=O)O)N(C)CNC)n1Cc1ccc(-c2ccccc2-c2nn[nH]n2)cc1. The first kappa shape index (κ1) is 32.8. The highest BCUT2D eigenvalue weighted by Crippen LogP contribution is 2.30. The summed E-state index contributed by atoms with van der Waals surface area (Å²) in [4.78, 5) is 30.7. The van der Waals surface area contributed by atoms with Crippen molar-refractivity contribution >= 4 is 23.5 Å². The number of rotatable bonds is 17. The normalized spacial score (nSPS) is 12.0. The lowest BCUT2D eigenvalue weighted by molar-refractivity contribution is -0.152. The van der Waals surface area contributed by atoms with Crippen LogP contribution in [0.4, 0.5) is 0 Å². The molecule has 0 saturated carbocycles. The molecule has 44 heavy (non-hydrogen) atoms. The fourth-order valence-electron chi connectivity index (χ4n) is 5.09. The van der Waals surface area contributed by atoms with Crippen molar-refractivity contribution in [1.82, 2.24) is 40.4 Å². The molecular formula is C31H39ClN8O4. The number of aromatic nitrogens is 6. The summed E-state index contributed by atoms with van der Waals surface area (Å²) in [5.74, 6) is 0.0306. The number of hydrogen-bond acceptors (Lipinski definition) is 9. The van der Waals surface area contributed by atoms with E-state index in [1.165, 1.54) is 0 Å². The first-order chi connectivity index (χ1) is 21.3. The van der Waals surface area contributed by atoms with Gasteiger partial charge in [-0.2, -0.15) is 5.21 Å². The Balaban J connectivity index is 1.54. The van der Waals surface area contributed by atoms with Crippen LogP contribution in [0, 0.1) is 0 Å². The molecule has 1 atom stereocenters. The number of aliphatic carboxylic acids is 1. The van der Waals surface area contributed by atoms with E-state index in [-0.39, 0.29) is 13.0 Å². The number of hydrogen-bond donors (Lipinski definition) is 3. The number of imidazole rings is 1. The second kappa shape index (κ2) is 16.1. The van der Waals surface area contributed by atoms with Gasteiger partial charge in [-0.15, -0.1) is 10.2 Å². The number of carbonyl (C=O) groups is 2. The van der Waals surface area contributed by atoms with Crippen LogP contribution in [-0.2, 0) is 33.9 Å². The van der Waals surface area contributed by atoms with Crippen LogP contribution in [0.3, 0.4) is 0 Å². The smallest absolute Gasteiger partial charge is 0.323 e. The average Bonchev–Trinajstić information content (AvgIpc) is 3.65. The summed E-state index contributed by atoms with van der Waals surface area (Å²) in [6.45, 7) is 3.02. The summed E-state index contributed by atoms with van der Waals surface area (Å²) < 4.78 is 7.83. The lowest BCUT2D eigenvalue weighted by Crippen LogP contribution is -2.43. The molecule has 0 amide bonds. The molecule has 0 spiro atoms. The molecule has 0 saturated heterocycles. The lowest BCUT2D eigenvalue weighted by atomic mass is 9.98. The first-order valence-corrected chi connectivity index (χ1v) is 15.1. The molecule has 12 nitrogen and oxygen atoms in total. The van der Waals surface area contributed by atoms with E-state index in [0.717, 1.165) is 47.3 Å². The third-order valence-corrected chi connectivity index (χ3v) is 7.71. The first-order valence-electron chi connectivity index (χ1n) is 14.7. The van der Waals surface area contributed by atoms with E-state index in [9.17, 15) is 9.59 Å². The number of carbonyl (C=O) groups excluding carboxylic acids is 1. The standard InChI is InChI=1S/C31H39ClN8O4/c1-4-5-12-27-34-29(32)26(19-44-31(43)25(39(3)20-33-2)11-8-13-28(41)42)40(27)18-21-14-16-22(17-15-21)23-9-6-7-10-24(23)30-35-37-38-36-30/h6-7,9-10,14-17,25,33H,4-5,8,11-13,18-20H2,1-3H3,(H,41,42)(H,35,36,37,38)/t25-/m1/s1. The Morgan fingerprint density at radius 1 is 1.14 bits per heavy atom. The molecule has 2 aromatic carbocycles.